The van der Waals surface area contributed by atoms with Gasteiger partial charge in [-0.1, -0.05) is 12.1 Å². The largest absolute Gasteiger partial charge is 0.491 e. The summed E-state index contributed by atoms with van der Waals surface area (Å²) in [7, 11) is 0. The minimum atomic E-state index is -0.737. The van der Waals surface area contributed by atoms with Crippen LogP contribution in [-0.2, 0) is 0 Å². The Bertz CT molecular complexity index is 1180. The number of nitrogens with one attached hydrogen (secondary N) is 1. The number of aliphatic hydroxyl groups excluding tert-OH is 1. The molecule has 0 aliphatic carbocycles. The molecule has 4 nitrogen and oxygen atoms in total. The Balaban J connectivity index is 1.75. The van der Waals surface area contributed by atoms with Gasteiger partial charge in [0.05, 0.1) is 17.9 Å². The van der Waals surface area contributed by atoms with Gasteiger partial charge in [0.15, 0.2) is 0 Å². The van der Waals surface area contributed by atoms with E-state index in [1.165, 1.54) is 0 Å². The van der Waals surface area contributed by atoms with Gasteiger partial charge in [0.25, 0.3) is 0 Å². The van der Waals surface area contributed by atoms with Crippen LogP contribution in [0.15, 0.2) is 54.6 Å². The molecule has 4 rings (SSSR count). The summed E-state index contributed by atoms with van der Waals surface area (Å²) >= 11 is 0. The van der Waals surface area contributed by atoms with E-state index in [1.807, 2.05) is 43.3 Å². The number of aryl methyl sites for hydroxylation is 1. The average molecular weight is 394 g/mol. The molecule has 0 aliphatic heterocycles. The van der Waals surface area contributed by atoms with Crippen molar-refractivity contribution in [2.75, 3.05) is 18.9 Å². The van der Waals surface area contributed by atoms with Crippen LogP contribution < -0.4 is 10.5 Å². The van der Waals surface area contributed by atoms with Crippen molar-refractivity contribution in [1.82, 2.24) is 4.98 Å². The van der Waals surface area contributed by atoms with Gasteiger partial charge in [-0.25, -0.2) is 8.78 Å². The Morgan fingerprint density at radius 3 is 2.45 bits per heavy atom. The molecule has 0 saturated heterocycles. The third-order valence-corrected chi connectivity index (χ3v) is 4.83. The molecule has 0 radical (unpaired) electrons. The number of aliphatic hydroxyl groups is 1. The fraction of sp³-hybridized carbons (Fsp3) is 0.130. The Morgan fingerprint density at radius 2 is 1.76 bits per heavy atom. The fourth-order valence-corrected chi connectivity index (χ4v) is 3.50. The fourth-order valence-electron chi connectivity index (χ4n) is 3.50. The number of nitrogens with two attached hydrogens (primary N) is 1. The predicted molar refractivity (Wildman–Crippen MR) is 111 cm³/mol. The molecule has 0 amide bonds. The molecule has 6 heteroatoms. The highest BCUT2D eigenvalue weighted by molar-refractivity contribution is 5.90. The van der Waals surface area contributed by atoms with Crippen molar-refractivity contribution in [2.24, 2.45) is 0 Å². The lowest BCUT2D eigenvalue weighted by atomic mass is 9.99. The van der Waals surface area contributed by atoms with Gasteiger partial charge >= 0.3 is 0 Å². The molecular weight excluding hydrogens is 374 g/mol. The molecule has 1 aromatic heterocycles. The van der Waals surface area contributed by atoms with Crippen molar-refractivity contribution in [3.05, 3.63) is 71.8 Å². The minimum Gasteiger partial charge on any atom is -0.491 e. The van der Waals surface area contributed by atoms with E-state index in [2.05, 4.69) is 4.98 Å². The summed E-state index contributed by atoms with van der Waals surface area (Å²) in [4.78, 5) is 3.08. The number of hydrogen-bond donors (Lipinski definition) is 3. The second-order valence-corrected chi connectivity index (χ2v) is 6.89. The molecule has 148 valence electrons. The summed E-state index contributed by atoms with van der Waals surface area (Å²) < 4.78 is 34.2. The Kier molecular flexibility index (Phi) is 4.94. The van der Waals surface area contributed by atoms with Gasteiger partial charge < -0.3 is 20.6 Å². The van der Waals surface area contributed by atoms with Gasteiger partial charge in [-0.3, -0.25) is 0 Å². The van der Waals surface area contributed by atoms with E-state index in [1.54, 1.807) is 6.07 Å². The second-order valence-electron chi connectivity index (χ2n) is 6.89. The minimum absolute atomic E-state index is 0.0298. The first-order valence-corrected chi connectivity index (χ1v) is 9.18. The van der Waals surface area contributed by atoms with Crippen molar-refractivity contribution >= 4 is 16.6 Å². The number of aromatic nitrogens is 1. The maximum atomic E-state index is 14.6. The lowest BCUT2D eigenvalue weighted by Gasteiger charge is -2.08. The number of H-pyrrole nitrogens is 1. The van der Waals surface area contributed by atoms with Gasteiger partial charge in [0.2, 0.25) is 0 Å². The molecule has 0 aliphatic rings. The first-order chi connectivity index (χ1) is 14.0. The van der Waals surface area contributed by atoms with Crippen molar-refractivity contribution in [3.8, 4) is 28.1 Å². The van der Waals surface area contributed by atoms with Crippen molar-refractivity contribution < 1.29 is 18.6 Å². The van der Waals surface area contributed by atoms with Crippen LogP contribution >= 0.6 is 0 Å². The maximum absolute atomic E-state index is 14.6. The van der Waals surface area contributed by atoms with E-state index in [0.717, 1.165) is 39.7 Å². The number of anilines is 1. The first kappa shape index (κ1) is 19.0. The van der Waals surface area contributed by atoms with E-state index in [-0.39, 0.29) is 24.5 Å². The maximum Gasteiger partial charge on any atom is 0.139 e. The molecule has 4 aromatic rings. The normalized spacial score (nSPS) is 11.2. The third kappa shape index (κ3) is 3.67. The van der Waals surface area contributed by atoms with Crippen LogP contribution in [0.5, 0.6) is 5.75 Å². The van der Waals surface area contributed by atoms with Crippen molar-refractivity contribution in [2.45, 2.75) is 6.92 Å². The van der Waals surface area contributed by atoms with Gasteiger partial charge in [-0.15, -0.1) is 0 Å². The van der Waals surface area contributed by atoms with Crippen LogP contribution in [0.2, 0.25) is 0 Å². The van der Waals surface area contributed by atoms with Gasteiger partial charge in [-0.2, -0.15) is 0 Å². The SMILES string of the molecule is Cc1cc(N)ccc1-c1ccc2[nH]c(-c3c(F)cc(OCCO)cc3F)cc2c1. The topological polar surface area (TPSA) is 71.3 Å². The van der Waals surface area contributed by atoms with Crippen LogP contribution in [0.4, 0.5) is 14.5 Å². The monoisotopic (exact) mass is 394 g/mol. The molecule has 0 fully saturated rings. The summed E-state index contributed by atoms with van der Waals surface area (Å²) in [5.74, 6) is -1.44. The Hall–Kier alpha value is -3.38. The molecule has 3 aromatic carbocycles. The van der Waals surface area contributed by atoms with Crippen molar-refractivity contribution in [3.63, 3.8) is 0 Å². The highest BCUT2D eigenvalue weighted by atomic mass is 19.1. The Labute approximate surface area is 166 Å². The summed E-state index contributed by atoms with van der Waals surface area (Å²) in [6.07, 6.45) is 0. The highest BCUT2D eigenvalue weighted by Crippen LogP contribution is 2.34. The van der Waals surface area contributed by atoms with Crippen molar-refractivity contribution in [1.29, 1.82) is 0 Å². The molecule has 0 spiro atoms. The molecule has 0 bridgehead atoms. The average Bonchev–Trinajstić information content (AvgIpc) is 3.08. The predicted octanol–water partition coefficient (Wildman–Crippen LogP) is 5.04. The molecule has 0 saturated carbocycles. The van der Waals surface area contributed by atoms with Crippen LogP contribution in [0, 0.1) is 18.6 Å². The van der Waals surface area contributed by atoms with Crippen LogP contribution in [0.1, 0.15) is 5.56 Å². The lowest BCUT2D eigenvalue weighted by molar-refractivity contribution is 0.200. The lowest BCUT2D eigenvalue weighted by Crippen LogP contribution is -2.03. The quantitative estimate of drug-likeness (QED) is 0.415. The molecule has 0 unspecified atom stereocenters. The van der Waals surface area contributed by atoms with Crippen LogP contribution in [0.3, 0.4) is 0 Å². The number of fused-ring (bicyclic) bond motifs is 1. The zero-order valence-electron chi connectivity index (χ0n) is 15.8. The van der Waals surface area contributed by atoms with Crippen LogP contribution in [0.25, 0.3) is 33.3 Å². The number of aromatic amines is 1. The summed E-state index contributed by atoms with van der Waals surface area (Å²) in [5, 5.41) is 9.63. The first-order valence-electron chi connectivity index (χ1n) is 9.18. The molecule has 4 N–H and O–H groups in total. The summed E-state index contributed by atoms with van der Waals surface area (Å²) in [5.41, 5.74) is 10.6. The standard InChI is InChI=1S/C23H20F2N2O2/c1-13-8-16(26)3-4-18(13)14-2-5-21-15(9-14)10-22(27-21)23-19(24)11-17(12-20(23)25)29-7-6-28/h2-5,8-12,27-28H,6-7,26H2,1H3. The van der Waals surface area contributed by atoms with Gasteiger partial charge in [-0.05, 0) is 53.9 Å². The van der Waals surface area contributed by atoms with E-state index >= 15 is 0 Å². The number of nitrogen functional groups attached to an aromatic ring is 1. The molecule has 1 heterocycles. The highest BCUT2D eigenvalue weighted by Gasteiger charge is 2.16. The smallest absolute Gasteiger partial charge is 0.139 e. The van der Waals surface area contributed by atoms with E-state index in [0.29, 0.717) is 11.4 Å². The number of hydrogen-bond acceptors (Lipinski definition) is 3. The number of ether oxygens (including phenoxy) is 1. The number of benzene rings is 3. The summed E-state index contributed by atoms with van der Waals surface area (Å²) in [6, 6.07) is 15.5. The third-order valence-electron chi connectivity index (χ3n) is 4.83. The summed E-state index contributed by atoms with van der Waals surface area (Å²) in [6.45, 7) is 1.73. The zero-order chi connectivity index (χ0) is 20.5. The van der Waals surface area contributed by atoms with E-state index < -0.39 is 11.6 Å². The number of rotatable bonds is 5. The Morgan fingerprint density at radius 1 is 1.00 bits per heavy atom. The second kappa shape index (κ2) is 7.56. The molecule has 29 heavy (non-hydrogen) atoms. The van der Waals surface area contributed by atoms with E-state index in [4.69, 9.17) is 15.6 Å². The van der Waals surface area contributed by atoms with Gasteiger partial charge in [0.1, 0.15) is 24.0 Å². The molecule has 0 atom stereocenters. The van der Waals surface area contributed by atoms with Gasteiger partial charge in [0, 0.05) is 28.7 Å². The van der Waals surface area contributed by atoms with E-state index in [9.17, 15) is 8.78 Å². The number of halogens is 2. The van der Waals surface area contributed by atoms with Crippen LogP contribution in [-0.4, -0.2) is 23.3 Å². The zero-order valence-corrected chi connectivity index (χ0v) is 15.8. The molecular formula is C23H20F2N2O2.